The van der Waals surface area contributed by atoms with E-state index >= 15 is 0 Å². The van der Waals surface area contributed by atoms with Crippen LogP contribution in [0.2, 0.25) is 0 Å². The van der Waals surface area contributed by atoms with Crippen molar-refractivity contribution >= 4 is 31.9 Å². The predicted octanol–water partition coefficient (Wildman–Crippen LogP) is 3.93. The van der Waals surface area contributed by atoms with Gasteiger partial charge in [-0.15, -0.1) is 0 Å². The zero-order valence-electron chi connectivity index (χ0n) is 45.7. The SMILES string of the molecule is COc1cc(C)c(S(=O)(=O)N(C)CCOCC(=O)N(C)[C@@H]2CCC[C@H](N3CCN(C)CC3)C2)c(C)c1.COc1cc(C)c(S(=O)(=O)N(C)CCOCC(=O)N(C)[C@H]2CCC[C@@H](N3CCN(C)CC3)C2)c(C)c1. The highest BCUT2D eigenvalue weighted by atomic mass is 32.2. The summed E-state index contributed by atoms with van der Waals surface area (Å²) < 4.78 is 76.9. The molecule has 2 aromatic rings. The molecule has 2 amide bonds. The Kier molecular flexibility index (Phi) is 22.6. The average Bonchev–Trinajstić information content (AvgIpc) is 3.35. The van der Waals surface area contributed by atoms with Gasteiger partial charge >= 0.3 is 0 Å². The molecule has 2 aliphatic carbocycles. The highest BCUT2D eigenvalue weighted by Crippen LogP contribution is 2.31. The molecular weight excluding hydrogens is 961 g/mol. The van der Waals surface area contributed by atoms with Gasteiger partial charge in [-0.05, 0) is 140 Å². The van der Waals surface area contributed by atoms with Crippen LogP contribution < -0.4 is 9.47 Å². The van der Waals surface area contributed by atoms with Crippen LogP contribution in [0.4, 0.5) is 0 Å². The van der Waals surface area contributed by atoms with Crippen LogP contribution in [-0.4, -0.2) is 239 Å². The Bertz CT molecular complexity index is 2100. The molecule has 0 aromatic heterocycles. The highest BCUT2D eigenvalue weighted by Gasteiger charge is 2.34. The number of rotatable bonds is 20. The van der Waals surface area contributed by atoms with Crippen molar-refractivity contribution in [3.05, 3.63) is 46.5 Å². The highest BCUT2D eigenvalue weighted by molar-refractivity contribution is 7.89. The molecule has 6 rings (SSSR count). The maximum Gasteiger partial charge on any atom is 0.248 e. The number of amides is 2. The summed E-state index contributed by atoms with van der Waals surface area (Å²) in [6, 6.07) is 8.41. The summed E-state index contributed by atoms with van der Waals surface area (Å²) in [5, 5.41) is 0. The molecule has 408 valence electrons. The monoisotopic (exact) mass is 1050 g/mol. The Morgan fingerprint density at radius 3 is 1.17 bits per heavy atom. The molecule has 20 heteroatoms. The molecule has 4 atom stereocenters. The molecule has 72 heavy (non-hydrogen) atoms. The van der Waals surface area contributed by atoms with E-state index in [-0.39, 0.29) is 73.2 Å². The van der Waals surface area contributed by atoms with Gasteiger partial charge in [0.15, 0.2) is 0 Å². The molecule has 2 aromatic carbocycles. The average molecular weight is 1050 g/mol. The molecule has 0 bridgehead atoms. The fraction of sp³-hybridized carbons (Fsp3) is 0.731. The molecule has 2 saturated heterocycles. The van der Waals surface area contributed by atoms with Gasteiger partial charge < -0.3 is 38.5 Å². The Morgan fingerprint density at radius 2 is 0.861 bits per heavy atom. The zero-order valence-corrected chi connectivity index (χ0v) is 47.3. The number of piperazine rings is 2. The number of carbonyl (C=O) groups excluding carboxylic acids is 2. The zero-order chi connectivity index (χ0) is 52.9. The third-order valence-electron chi connectivity index (χ3n) is 15.5. The molecule has 0 radical (unpaired) electrons. The first kappa shape index (κ1) is 59.4. The minimum atomic E-state index is -3.69. The first-order chi connectivity index (χ1) is 34.1. The van der Waals surface area contributed by atoms with Crippen LogP contribution in [0.1, 0.15) is 73.6 Å². The van der Waals surface area contributed by atoms with E-state index in [4.69, 9.17) is 18.9 Å². The predicted molar refractivity (Wildman–Crippen MR) is 282 cm³/mol. The van der Waals surface area contributed by atoms with Crippen molar-refractivity contribution in [2.45, 2.75) is 113 Å². The van der Waals surface area contributed by atoms with E-state index in [1.165, 1.54) is 35.5 Å². The van der Waals surface area contributed by atoms with Crippen LogP contribution >= 0.6 is 0 Å². The quantitative estimate of drug-likeness (QED) is 0.175. The smallest absolute Gasteiger partial charge is 0.248 e. The van der Waals surface area contributed by atoms with Crippen molar-refractivity contribution in [2.75, 3.05) is 148 Å². The number of methoxy groups -OCH3 is 2. The Balaban J connectivity index is 0.000000267. The Hall–Kier alpha value is -3.44. The Labute approximate surface area is 432 Å². The number of hydrogen-bond donors (Lipinski definition) is 0. The first-order valence-corrected chi connectivity index (χ1v) is 28.7. The summed E-state index contributed by atoms with van der Waals surface area (Å²) in [4.78, 5) is 39.8. The third kappa shape index (κ3) is 15.8. The number of nitrogens with zero attached hydrogens (tertiary/aromatic N) is 8. The Morgan fingerprint density at radius 1 is 0.542 bits per heavy atom. The van der Waals surface area contributed by atoms with E-state index in [0.717, 1.165) is 90.9 Å². The van der Waals surface area contributed by atoms with Gasteiger partial charge in [-0.1, -0.05) is 0 Å². The van der Waals surface area contributed by atoms with Gasteiger partial charge in [-0.25, -0.2) is 16.8 Å². The van der Waals surface area contributed by atoms with Crippen molar-refractivity contribution in [3.8, 4) is 11.5 Å². The summed E-state index contributed by atoms with van der Waals surface area (Å²) in [6.45, 7) is 16.4. The first-order valence-electron chi connectivity index (χ1n) is 25.8. The van der Waals surface area contributed by atoms with Gasteiger partial charge in [0.05, 0.1) is 37.2 Å². The largest absolute Gasteiger partial charge is 0.497 e. The van der Waals surface area contributed by atoms with Crippen LogP contribution in [0, 0.1) is 27.7 Å². The van der Waals surface area contributed by atoms with Gasteiger partial charge in [-0.3, -0.25) is 19.4 Å². The molecule has 0 spiro atoms. The van der Waals surface area contributed by atoms with Gasteiger partial charge in [-0.2, -0.15) is 8.61 Å². The number of likely N-dealkylation sites (N-methyl/N-ethyl adjacent to an activating group) is 6. The summed E-state index contributed by atoms with van der Waals surface area (Å²) >= 11 is 0. The summed E-state index contributed by atoms with van der Waals surface area (Å²) in [6.07, 6.45) is 8.72. The molecule has 4 aliphatic rings. The fourth-order valence-corrected chi connectivity index (χ4v) is 13.9. The van der Waals surface area contributed by atoms with Crippen molar-refractivity contribution in [2.24, 2.45) is 0 Å². The number of benzene rings is 2. The molecule has 0 unspecified atom stereocenters. The van der Waals surface area contributed by atoms with Crippen molar-refractivity contribution < 1.29 is 45.4 Å². The fourth-order valence-electron chi connectivity index (χ4n) is 10.8. The van der Waals surface area contributed by atoms with E-state index in [0.29, 0.717) is 45.8 Å². The standard InChI is InChI=1S/2C26H44N4O5S/c2*1-20-16-24(34-6)17-21(2)26(20)36(32,33)28(4)14-15-35-19-25(31)29(5)22-8-7-9-23(18-22)30-12-10-27(3)11-13-30/h2*16-17,22-23H,7-15,18-19H2,1-6H3/t2*22-,23+/m10/s1. The number of sulfonamides is 2. The maximum absolute atomic E-state index is 13.1. The van der Waals surface area contributed by atoms with Crippen molar-refractivity contribution in [1.82, 2.24) is 38.0 Å². The minimum Gasteiger partial charge on any atom is -0.497 e. The summed E-state index contributed by atoms with van der Waals surface area (Å²) in [5.41, 5.74) is 2.55. The topological polar surface area (TPSA) is 165 Å². The number of ether oxygens (including phenoxy) is 4. The van der Waals surface area contributed by atoms with E-state index in [1.54, 1.807) is 66.2 Å². The lowest BCUT2D eigenvalue weighted by atomic mass is 9.88. The van der Waals surface area contributed by atoms with Crippen LogP contribution in [0.5, 0.6) is 11.5 Å². The van der Waals surface area contributed by atoms with Crippen LogP contribution in [0.25, 0.3) is 0 Å². The normalized spacial score (nSPS) is 22.1. The lowest BCUT2D eigenvalue weighted by Crippen LogP contribution is -2.52. The maximum atomic E-state index is 13.1. The summed E-state index contributed by atoms with van der Waals surface area (Å²) in [7, 11) is 6.90. The van der Waals surface area contributed by atoms with Gasteiger partial charge in [0.25, 0.3) is 0 Å². The third-order valence-corrected chi connectivity index (χ3v) is 19.8. The van der Waals surface area contributed by atoms with Crippen LogP contribution in [-0.2, 0) is 39.1 Å². The van der Waals surface area contributed by atoms with Crippen molar-refractivity contribution in [1.29, 1.82) is 0 Å². The molecule has 18 nitrogen and oxygen atoms in total. The van der Waals surface area contributed by atoms with Crippen molar-refractivity contribution in [3.63, 3.8) is 0 Å². The number of hydrogen-bond acceptors (Lipinski definition) is 14. The van der Waals surface area contributed by atoms with Gasteiger partial charge in [0.2, 0.25) is 31.9 Å². The number of carbonyl (C=O) groups is 2. The van der Waals surface area contributed by atoms with E-state index < -0.39 is 20.0 Å². The minimum absolute atomic E-state index is 0.0410. The lowest BCUT2D eigenvalue weighted by Gasteiger charge is -2.43. The van der Waals surface area contributed by atoms with E-state index in [1.807, 2.05) is 23.9 Å². The second-order valence-electron chi connectivity index (χ2n) is 20.6. The second kappa shape index (κ2) is 27.4. The molecule has 2 saturated carbocycles. The van der Waals surface area contributed by atoms with Crippen LogP contribution in [0.15, 0.2) is 34.1 Å². The molecule has 2 heterocycles. The molecule has 4 fully saturated rings. The van der Waals surface area contributed by atoms with Gasteiger partial charge in [0, 0.05) is 118 Å². The molecule has 2 aliphatic heterocycles. The molecule has 0 N–H and O–H groups in total. The van der Waals surface area contributed by atoms with Crippen LogP contribution in [0.3, 0.4) is 0 Å². The number of aryl methyl sites for hydroxylation is 4. The van der Waals surface area contributed by atoms with E-state index in [2.05, 4.69) is 33.7 Å². The van der Waals surface area contributed by atoms with E-state index in [9.17, 15) is 26.4 Å². The lowest BCUT2D eigenvalue weighted by molar-refractivity contribution is -0.138. The molecular formula is C52H88N8O10S2. The van der Waals surface area contributed by atoms with Gasteiger partial charge in [0.1, 0.15) is 24.7 Å². The second-order valence-corrected chi connectivity index (χ2v) is 24.5. The summed E-state index contributed by atoms with van der Waals surface area (Å²) in [5.74, 6) is 1.16.